The highest BCUT2D eigenvalue weighted by Gasteiger charge is 2.22. The van der Waals surface area contributed by atoms with Crippen LogP contribution in [0.3, 0.4) is 0 Å². The van der Waals surface area contributed by atoms with Crippen molar-refractivity contribution in [2.24, 2.45) is 0 Å². The summed E-state index contributed by atoms with van der Waals surface area (Å²) in [7, 11) is 1.19. The predicted octanol–water partition coefficient (Wildman–Crippen LogP) is 22.8. The van der Waals surface area contributed by atoms with E-state index >= 15 is 0 Å². The minimum atomic E-state index is -4.64. The van der Waals surface area contributed by atoms with Gasteiger partial charge >= 0.3 is 11.9 Å². The molecule has 0 aliphatic carbocycles. The zero-order chi connectivity index (χ0) is 61.2. The number of hydrogen-bond acceptors (Lipinski definition) is 8. The van der Waals surface area contributed by atoms with Crippen molar-refractivity contribution >= 4 is 19.8 Å². The molecule has 0 heterocycles. The van der Waals surface area contributed by atoms with Gasteiger partial charge in [0.25, 0.3) is 7.82 Å². The molecule has 84 heavy (non-hydrogen) atoms. The number of likely N-dealkylation sites (N-methyl/N-ethyl adjacent to an activating group) is 1. The summed E-state index contributed by atoms with van der Waals surface area (Å²) in [6.45, 7) is 4.19. The first-order valence-electron chi connectivity index (χ1n) is 36.0. The van der Waals surface area contributed by atoms with Crippen molar-refractivity contribution < 1.29 is 42.1 Å². The minimum Gasteiger partial charge on any atom is -0.756 e. The molecule has 0 saturated carbocycles. The number of phosphoric ester groups is 1. The SMILES string of the molecule is CC/C=C\C/C=C\C/C=C\C/C=C\C/C=C\CCCCCCCCCCCCCCCCCCCCCCCCCC(=O)OC(COC(=O)CCCCCCCCCCCCCCCCCCCCCCC)COP(=O)([O-])OCC[N+](C)(C)C. The Balaban J connectivity index is 3.92. The minimum absolute atomic E-state index is 0.0279. The highest BCUT2D eigenvalue weighted by atomic mass is 31.2. The van der Waals surface area contributed by atoms with Crippen LogP contribution in [0.4, 0.5) is 0 Å². The fourth-order valence-electron chi connectivity index (χ4n) is 10.6. The maximum atomic E-state index is 12.9. The average molecular weight is 1200 g/mol. The zero-order valence-corrected chi connectivity index (χ0v) is 57.0. The summed E-state index contributed by atoms with van der Waals surface area (Å²) in [5.41, 5.74) is 0. The highest BCUT2D eigenvalue weighted by Crippen LogP contribution is 2.38. The number of nitrogens with zero attached hydrogens (tertiary/aromatic N) is 1. The van der Waals surface area contributed by atoms with Gasteiger partial charge in [0.1, 0.15) is 19.8 Å². The summed E-state index contributed by atoms with van der Waals surface area (Å²) < 4.78 is 34.3. The molecule has 492 valence electrons. The van der Waals surface area contributed by atoms with Gasteiger partial charge in [-0.1, -0.05) is 338 Å². The summed E-state index contributed by atoms with van der Waals surface area (Å²) in [6.07, 6.45) is 86.0. The zero-order valence-electron chi connectivity index (χ0n) is 56.1. The van der Waals surface area contributed by atoms with Crippen molar-refractivity contribution in [1.29, 1.82) is 0 Å². The van der Waals surface area contributed by atoms with E-state index in [9.17, 15) is 19.0 Å². The maximum absolute atomic E-state index is 12.9. The Morgan fingerprint density at radius 3 is 1.01 bits per heavy atom. The van der Waals surface area contributed by atoms with Gasteiger partial charge in [0.15, 0.2) is 6.10 Å². The topological polar surface area (TPSA) is 111 Å². The molecule has 0 rings (SSSR count). The van der Waals surface area contributed by atoms with Crippen LogP contribution in [0.25, 0.3) is 0 Å². The van der Waals surface area contributed by atoms with Gasteiger partial charge in [-0.05, 0) is 57.8 Å². The lowest BCUT2D eigenvalue weighted by atomic mass is 10.0. The Bertz CT molecular complexity index is 1600. The number of rotatable bonds is 67. The fraction of sp³-hybridized carbons (Fsp3) is 0.838. The molecule has 0 N–H and O–H groups in total. The van der Waals surface area contributed by atoms with Gasteiger partial charge in [-0.2, -0.15) is 0 Å². The Morgan fingerprint density at radius 2 is 0.679 bits per heavy atom. The molecule has 2 atom stereocenters. The first-order valence-corrected chi connectivity index (χ1v) is 37.5. The molecular weight excluding hydrogens is 1060 g/mol. The van der Waals surface area contributed by atoms with Crippen molar-refractivity contribution in [2.75, 3.05) is 47.5 Å². The maximum Gasteiger partial charge on any atom is 0.306 e. The van der Waals surface area contributed by atoms with Crippen LogP contribution in [-0.2, 0) is 32.7 Å². The molecule has 0 bridgehead atoms. The van der Waals surface area contributed by atoms with Gasteiger partial charge in [-0.15, -0.1) is 0 Å². The third kappa shape index (κ3) is 68.8. The lowest BCUT2D eigenvalue weighted by Crippen LogP contribution is -2.37. The van der Waals surface area contributed by atoms with Crippen molar-refractivity contribution in [2.45, 2.75) is 354 Å². The molecular formula is C74H138NO8P. The molecule has 2 unspecified atom stereocenters. The van der Waals surface area contributed by atoms with Crippen LogP contribution in [0.1, 0.15) is 348 Å². The van der Waals surface area contributed by atoms with Crippen LogP contribution >= 0.6 is 7.82 Å². The van der Waals surface area contributed by atoms with E-state index in [1.165, 1.54) is 250 Å². The number of hydrogen-bond donors (Lipinski definition) is 0. The van der Waals surface area contributed by atoms with Crippen LogP contribution in [0, 0.1) is 0 Å². The van der Waals surface area contributed by atoms with Crippen LogP contribution < -0.4 is 4.89 Å². The molecule has 0 fully saturated rings. The molecule has 0 aliphatic rings. The predicted molar refractivity (Wildman–Crippen MR) is 360 cm³/mol. The van der Waals surface area contributed by atoms with Crippen LogP contribution in [-0.4, -0.2) is 70.0 Å². The normalized spacial score (nSPS) is 13.5. The van der Waals surface area contributed by atoms with Gasteiger partial charge in [-0.3, -0.25) is 14.2 Å². The lowest BCUT2D eigenvalue weighted by Gasteiger charge is -2.28. The van der Waals surface area contributed by atoms with Gasteiger partial charge in [0.2, 0.25) is 0 Å². The van der Waals surface area contributed by atoms with E-state index in [0.717, 1.165) is 64.2 Å². The molecule has 10 heteroatoms. The van der Waals surface area contributed by atoms with E-state index in [2.05, 4.69) is 74.6 Å². The van der Waals surface area contributed by atoms with E-state index in [1.807, 2.05) is 21.1 Å². The number of quaternary nitrogens is 1. The molecule has 9 nitrogen and oxygen atoms in total. The smallest absolute Gasteiger partial charge is 0.306 e. The fourth-order valence-corrected chi connectivity index (χ4v) is 11.3. The van der Waals surface area contributed by atoms with E-state index in [0.29, 0.717) is 17.4 Å². The second-order valence-corrected chi connectivity index (χ2v) is 27.0. The van der Waals surface area contributed by atoms with Gasteiger partial charge in [0.05, 0.1) is 27.7 Å². The first kappa shape index (κ1) is 81.7. The van der Waals surface area contributed by atoms with Crippen LogP contribution in [0.15, 0.2) is 60.8 Å². The summed E-state index contributed by atoms with van der Waals surface area (Å²) in [4.78, 5) is 38.0. The number of esters is 2. The summed E-state index contributed by atoms with van der Waals surface area (Å²) >= 11 is 0. The third-order valence-electron chi connectivity index (χ3n) is 16.1. The van der Waals surface area contributed by atoms with Gasteiger partial charge in [0, 0.05) is 12.8 Å². The summed E-state index contributed by atoms with van der Waals surface area (Å²) in [5, 5.41) is 0. The van der Waals surface area contributed by atoms with Crippen molar-refractivity contribution in [3.05, 3.63) is 60.8 Å². The lowest BCUT2D eigenvalue weighted by molar-refractivity contribution is -0.870. The summed E-state index contributed by atoms with van der Waals surface area (Å²) in [5.74, 6) is -0.811. The number of phosphoric acid groups is 1. The number of carbonyl (C=O) groups is 2. The second kappa shape index (κ2) is 65.2. The molecule has 0 aromatic heterocycles. The highest BCUT2D eigenvalue weighted by molar-refractivity contribution is 7.45. The third-order valence-corrected chi connectivity index (χ3v) is 17.0. The number of carbonyl (C=O) groups excluding carboxylic acids is 2. The summed E-state index contributed by atoms with van der Waals surface area (Å²) in [6, 6.07) is 0. The Hall–Kier alpha value is -2.29. The van der Waals surface area contributed by atoms with Crippen molar-refractivity contribution in [1.82, 2.24) is 0 Å². The molecule has 0 aliphatic heterocycles. The Labute approximate surface area is 521 Å². The largest absolute Gasteiger partial charge is 0.756 e. The average Bonchev–Trinajstić information content (AvgIpc) is 3.61. The van der Waals surface area contributed by atoms with Crippen molar-refractivity contribution in [3.63, 3.8) is 0 Å². The Kier molecular flexibility index (Phi) is 63.4. The number of allylic oxidation sites excluding steroid dienone is 10. The number of ether oxygens (including phenoxy) is 2. The molecule has 0 amide bonds. The molecule has 0 aromatic rings. The molecule has 0 spiro atoms. The monoisotopic (exact) mass is 1200 g/mol. The van der Waals surface area contributed by atoms with Gasteiger partial charge < -0.3 is 27.9 Å². The standard InChI is InChI=1S/C74H138NO8P/c1-6-8-10-12-14-16-18-20-22-24-26-28-29-30-31-32-33-34-35-36-37-38-39-40-41-42-43-44-45-47-49-51-53-55-57-59-61-63-65-67-74(77)83-72(71-82-84(78,79)81-69-68-75(3,4)5)70-80-73(76)66-64-62-60-58-56-54-52-50-48-46-27-25-23-21-19-17-15-13-11-9-7-2/h8,10,14,16,20,22,26,28,30-31,72H,6-7,9,11-13,15,17-19,21,23-25,27,29,32-71H2,1-5H3/b10-8-,16-14-,22-20-,28-26-,31-30-. The van der Waals surface area contributed by atoms with E-state index < -0.39 is 26.5 Å². The quantitative estimate of drug-likeness (QED) is 0.0195. The van der Waals surface area contributed by atoms with E-state index in [1.54, 1.807) is 0 Å². The number of unbranched alkanes of at least 4 members (excludes halogenated alkanes) is 43. The van der Waals surface area contributed by atoms with E-state index in [4.69, 9.17) is 18.5 Å². The van der Waals surface area contributed by atoms with Gasteiger partial charge in [-0.25, -0.2) is 0 Å². The van der Waals surface area contributed by atoms with Crippen LogP contribution in [0.2, 0.25) is 0 Å². The van der Waals surface area contributed by atoms with Crippen molar-refractivity contribution in [3.8, 4) is 0 Å². The Morgan fingerprint density at radius 1 is 0.381 bits per heavy atom. The van der Waals surface area contributed by atoms with Crippen LogP contribution in [0.5, 0.6) is 0 Å². The molecule has 0 saturated heterocycles. The molecule has 0 aromatic carbocycles. The molecule has 0 radical (unpaired) electrons. The second-order valence-electron chi connectivity index (χ2n) is 25.6. The van der Waals surface area contributed by atoms with E-state index in [-0.39, 0.29) is 32.0 Å². The first-order chi connectivity index (χ1) is 41.0.